The van der Waals surface area contributed by atoms with Gasteiger partial charge in [-0.3, -0.25) is 14.2 Å². The minimum Gasteiger partial charge on any atom is -0.481 e. The highest BCUT2D eigenvalue weighted by molar-refractivity contribution is 5.94. The number of benzene rings is 1. The van der Waals surface area contributed by atoms with E-state index in [-0.39, 0.29) is 12.5 Å². The van der Waals surface area contributed by atoms with Crippen molar-refractivity contribution in [2.24, 2.45) is 5.41 Å². The molecule has 2 rings (SSSR count). The van der Waals surface area contributed by atoms with Crippen LogP contribution in [0.3, 0.4) is 0 Å². The van der Waals surface area contributed by atoms with Crippen LogP contribution in [-0.4, -0.2) is 38.3 Å². The SMILES string of the molecule is CCC(CC)(CNC(=O)c1ccc(-n2cnnc2)cc1)C(=O)O. The van der Waals surface area contributed by atoms with Crippen molar-refractivity contribution in [3.05, 3.63) is 42.5 Å². The van der Waals surface area contributed by atoms with Crippen LogP contribution in [-0.2, 0) is 4.79 Å². The summed E-state index contributed by atoms with van der Waals surface area (Å²) in [5.41, 5.74) is 0.403. The number of carbonyl (C=O) groups excluding carboxylic acids is 1. The Morgan fingerprint density at radius 3 is 2.17 bits per heavy atom. The van der Waals surface area contributed by atoms with Crippen molar-refractivity contribution in [1.29, 1.82) is 0 Å². The number of aliphatic carboxylic acids is 1. The predicted molar refractivity (Wildman–Crippen MR) is 84.3 cm³/mol. The lowest BCUT2D eigenvalue weighted by atomic mass is 9.82. The van der Waals surface area contributed by atoms with Crippen LogP contribution in [0.5, 0.6) is 0 Å². The molecule has 1 heterocycles. The summed E-state index contributed by atoms with van der Waals surface area (Å²) < 4.78 is 1.73. The van der Waals surface area contributed by atoms with Crippen LogP contribution >= 0.6 is 0 Å². The third-order valence-electron chi connectivity index (χ3n) is 4.24. The van der Waals surface area contributed by atoms with Gasteiger partial charge in [-0.1, -0.05) is 13.8 Å². The maximum atomic E-state index is 12.2. The van der Waals surface area contributed by atoms with Crippen molar-refractivity contribution >= 4 is 11.9 Å². The molecule has 0 aliphatic heterocycles. The maximum absolute atomic E-state index is 12.2. The van der Waals surface area contributed by atoms with Gasteiger partial charge >= 0.3 is 5.97 Å². The van der Waals surface area contributed by atoms with Crippen molar-refractivity contribution in [3.63, 3.8) is 0 Å². The Kier molecular flexibility index (Phi) is 5.10. The number of carboxylic acid groups (broad SMARTS) is 1. The lowest BCUT2D eigenvalue weighted by Crippen LogP contribution is -2.42. The summed E-state index contributed by atoms with van der Waals surface area (Å²) in [5, 5.41) is 19.6. The molecule has 0 saturated carbocycles. The second-order valence-electron chi connectivity index (χ2n) is 5.39. The number of hydrogen-bond donors (Lipinski definition) is 2. The molecule has 0 radical (unpaired) electrons. The fourth-order valence-corrected chi connectivity index (χ4v) is 2.35. The first-order valence-corrected chi connectivity index (χ1v) is 7.49. The Hall–Kier alpha value is -2.70. The quantitative estimate of drug-likeness (QED) is 0.813. The van der Waals surface area contributed by atoms with E-state index in [0.29, 0.717) is 18.4 Å². The van der Waals surface area contributed by atoms with Crippen molar-refractivity contribution < 1.29 is 14.7 Å². The van der Waals surface area contributed by atoms with E-state index in [4.69, 9.17) is 0 Å². The zero-order valence-electron chi connectivity index (χ0n) is 13.2. The van der Waals surface area contributed by atoms with Crippen molar-refractivity contribution in [3.8, 4) is 5.69 Å². The average Bonchev–Trinajstić information content (AvgIpc) is 3.10. The molecule has 1 amide bonds. The van der Waals surface area contributed by atoms with E-state index in [1.54, 1.807) is 41.5 Å². The van der Waals surface area contributed by atoms with E-state index in [0.717, 1.165) is 5.69 Å². The standard InChI is InChI=1S/C16H20N4O3/c1-3-16(4-2,15(22)23)9-17-14(21)12-5-7-13(8-6-12)20-10-18-19-11-20/h5-8,10-11H,3-4,9H2,1-2H3,(H,17,21)(H,22,23). The minimum absolute atomic E-state index is 0.112. The molecular formula is C16H20N4O3. The van der Waals surface area contributed by atoms with Crippen LogP contribution in [0.4, 0.5) is 0 Å². The molecule has 1 aromatic carbocycles. The smallest absolute Gasteiger partial charge is 0.311 e. The van der Waals surface area contributed by atoms with Crippen molar-refractivity contribution in [2.45, 2.75) is 26.7 Å². The largest absolute Gasteiger partial charge is 0.481 e. The first-order valence-electron chi connectivity index (χ1n) is 7.49. The molecule has 23 heavy (non-hydrogen) atoms. The van der Waals surface area contributed by atoms with Crippen LogP contribution < -0.4 is 5.32 Å². The Bertz CT molecular complexity index is 661. The van der Waals surface area contributed by atoms with E-state index < -0.39 is 11.4 Å². The monoisotopic (exact) mass is 316 g/mol. The highest BCUT2D eigenvalue weighted by Crippen LogP contribution is 2.25. The highest BCUT2D eigenvalue weighted by Gasteiger charge is 2.35. The highest BCUT2D eigenvalue weighted by atomic mass is 16.4. The van der Waals surface area contributed by atoms with Gasteiger partial charge in [-0.2, -0.15) is 0 Å². The van der Waals surface area contributed by atoms with E-state index in [1.807, 2.05) is 13.8 Å². The van der Waals surface area contributed by atoms with Crippen LogP contribution in [0.15, 0.2) is 36.9 Å². The number of carboxylic acids is 1. The molecule has 7 heteroatoms. The molecule has 1 aromatic heterocycles. The normalized spacial score (nSPS) is 11.2. The van der Waals surface area contributed by atoms with Gasteiger partial charge in [-0.15, -0.1) is 10.2 Å². The van der Waals surface area contributed by atoms with Gasteiger partial charge in [0.15, 0.2) is 0 Å². The Morgan fingerprint density at radius 2 is 1.70 bits per heavy atom. The Morgan fingerprint density at radius 1 is 1.13 bits per heavy atom. The summed E-state index contributed by atoms with van der Waals surface area (Å²) in [6.45, 7) is 3.75. The number of aromatic nitrogens is 3. The van der Waals surface area contributed by atoms with E-state index >= 15 is 0 Å². The molecule has 2 N–H and O–H groups in total. The zero-order valence-corrected chi connectivity index (χ0v) is 13.2. The number of rotatable bonds is 7. The minimum atomic E-state index is -0.919. The van der Waals surface area contributed by atoms with Gasteiger partial charge in [0.25, 0.3) is 5.91 Å². The molecule has 0 bridgehead atoms. The molecule has 122 valence electrons. The van der Waals surface area contributed by atoms with Gasteiger partial charge in [0.1, 0.15) is 12.7 Å². The lowest BCUT2D eigenvalue weighted by Gasteiger charge is -2.26. The van der Waals surface area contributed by atoms with E-state index in [2.05, 4.69) is 15.5 Å². The number of hydrogen-bond acceptors (Lipinski definition) is 4. The van der Waals surface area contributed by atoms with Crippen molar-refractivity contribution in [2.75, 3.05) is 6.54 Å². The first-order chi connectivity index (χ1) is 11.0. The number of nitrogens with one attached hydrogen (secondary N) is 1. The predicted octanol–water partition coefficient (Wildman–Crippen LogP) is 1.89. The molecule has 0 atom stereocenters. The van der Waals surface area contributed by atoms with Gasteiger partial charge < -0.3 is 10.4 Å². The van der Waals surface area contributed by atoms with Gasteiger partial charge in [0.2, 0.25) is 0 Å². The first kappa shape index (κ1) is 16.7. The summed E-state index contributed by atoms with van der Waals surface area (Å²) in [7, 11) is 0. The number of carbonyl (C=O) groups is 2. The molecule has 7 nitrogen and oxygen atoms in total. The fraction of sp³-hybridized carbons (Fsp3) is 0.375. The van der Waals surface area contributed by atoms with Crippen LogP contribution in [0.1, 0.15) is 37.0 Å². The molecule has 0 fully saturated rings. The summed E-state index contributed by atoms with van der Waals surface area (Å²) >= 11 is 0. The van der Waals surface area contributed by atoms with E-state index in [1.165, 1.54) is 0 Å². The number of nitrogens with zero attached hydrogens (tertiary/aromatic N) is 3. The van der Waals surface area contributed by atoms with Crippen LogP contribution in [0, 0.1) is 5.41 Å². The van der Waals surface area contributed by atoms with Gasteiger partial charge in [0.05, 0.1) is 5.41 Å². The summed E-state index contributed by atoms with van der Waals surface area (Å²) in [5.74, 6) is -1.17. The fourth-order valence-electron chi connectivity index (χ4n) is 2.35. The molecular weight excluding hydrogens is 296 g/mol. The third kappa shape index (κ3) is 3.56. The lowest BCUT2D eigenvalue weighted by molar-refractivity contribution is -0.149. The summed E-state index contributed by atoms with van der Waals surface area (Å²) in [6.07, 6.45) is 4.06. The van der Waals surface area contributed by atoms with Crippen LogP contribution in [0.25, 0.3) is 5.69 Å². The third-order valence-corrected chi connectivity index (χ3v) is 4.24. The molecule has 0 spiro atoms. The summed E-state index contributed by atoms with van der Waals surface area (Å²) in [6, 6.07) is 6.93. The molecule has 0 unspecified atom stereocenters. The molecule has 0 aliphatic carbocycles. The van der Waals surface area contributed by atoms with E-state index in [9.17, 15) is 14.7 Å². The summed E-state index contributed by atoms with van der Waals surface area (Å²) in [4.78, 5) is 23.7. The second-order valence-corrected chi connectivity index (χ2v) is 5.39. The second kappa shape index (κ2) is 7.04. The van der Waals surface area contributed by atoms with Crippen LogP contribution in [0.2, 0.25) is 0 Å². The zero-order chi connectivity index (χ0) is 16.9. The Labute approximate surface area is 134 Å². The van der Waals surface area contributed by atoms with Gasteiger partial charge in [0, 0.05) is 17.8 Å². The Balaban J connectivity index is 2.05. The number of amides is 1. The van der Waals surface area contributed by atoms with Crippen molar-refractivity contribution in [1.82, 2.24) is 20.1 Å². The average molecular weight is 316 g/mol. The molecule has 0 saturated heterocycles. The maximum Gasteiger partial charge on any atom is 0.311 e. The van der Waals surface area contributed by atoms with Gasteiger partial charge in [-0.05, 0) is 37.1 Å². The van der Waals surface area contributed by atoms with Gasteiger partial charge in [-0.25, -0.2) is 0 Å². The molecule has 2 aromatic rings. The molecule has 0 aliphatic rings. The topological polar surface area (TPSA) is 97.1 Å².